The van der Waals surface area contributed by atoms with Crippen LogP contribution < -0.4 is 5.32 Å². The topological polar surface area (TPSA) is 63.0 Å². The first-order chi connectivity index (χ1) is 6.20. The van der Waals surface area contributed by atoms with Crippen LogP contribution in [0.3, 0.4) is 0 Å². The van der Waals surface area contributed by atoms with E-state index in [9.17, 15) is 5.11 Å². The smallest absolute Gasteiger partial charge is 0.162 e. The van der Waals surface area contributed by atoms with Gasteiger partial charge in [0.25, 0.3) is 0 Å². The molecule has 0 radical (unpaired) electrons. The van der Waals surface area contributed by atoms with Gasteiger partial charge in [0.05, 0.1) is 6.04 Å². The third kappa shape index (κ3) is 1.34. The molecular formula is C8H14N4O. The highest BCUT2D eigenvalue weighted by atomic mass is 16.3. The first-order valence-corrected chi connectivity index (χ1v) is 4.50. The summed E-state index contributed by atoms with van der Waals surface area (Å²) >= 11 is 0. The molecule has 2 heterocycles. The molecule has 0 saturated carbocycles. The zero-order valence-corrected chi connectivity index (χ0v) is 7.86. The number of aromatic nitrogens is 3. The standard InChI is InChI=1S/C8H14N4O/c1-5(13)8-11-10-6(2)12(8)7-3-9-4-7/h5,7,9,13H,3-4H2,1-2H3. The van der Waals surface area contributed by atoms with Crippen molar-refractivity contribution in [2.75, 3.05) is 13.1 Å². The van der Waals surface area contributed by atoms with Gasteiger partial charge < -0.3 is 15.0 Å². The van der Waals surface area contributed by atoms with E-state index in [-0.39, 0.29) is 0 Å². The maximum atomic E-state index is 9.44. The molecule has 0 amide bonds. The molecule has 1 aromatic rings. The van der Waals surface area contributed by atoms with Gasteiger partial charge in [-0.15, -0.1) is 10.2 Å². The summed E-state index contributed by atoms with van der Waals surface area (Å²) in [5, 5.41) is 20.5. The van der Waals surface area contributed by atoms with Crippen molar-refractivity contribution in [3.05, 3.63) is 11.6 Å². The normalized spacial score (nSPS) is 19.9. The molecule has 0 spiro atoms. The molecule has 0 aliphatic carbocycles. The number of hydrogen-bond donors (Lipinski definition) is 2. The summed E-state index contributed by atoms with van der Waals surface area (Å²) in [6.07, 6.45) is -0.540. The summed E-state index contributed by atoms with van der Waals surface area (Å²) in [5.74, 6) is 1.55. The molecular weight excluding hydrogens is 168 g/mol. The fourth-order valence-corrected chi connectivity index (χ4v) is 1.58. The third-order valence-corrected chi connectivity index (χ3v) is 2.39. The molecule has 1 aliphatic rings. The fraction of sp³-hybridized carbons (Fsp3) is 0.750. The Morgan fingerprint density at radius 3 is 2.69 bits per heavy atom. The lowest BCUT2D eigenvalue weighted by molar-refractivity contribution is 0.175. The van der Waals surface area contributed by atoms with Crippen molar-refractivity contribution in [3.8, 4) is 0 Å². The molecule has 2 rings (SSSR count). The van der Waals surface area contributed by atoms with Crippen molar-refractivity contribution in [1.29, 1.82) is 0 Å². The highest BCUT2D eigenvalue weighted by molar-refractivity contribution is 5.02. The summed E-state index contributed by atoms with van der Waals surface area (Å²) < 4.78 is 2.02. The lowest BCUT2D eigenvalue weighted by Gasteiger charge is -2.30. The van der Waals surface area contributed by atoms with Crippen LogP contribution in [-0.2, 0) is 0 Å². The highest BCUT2D eigenvalue weighted by Gasteiger charge is 2.25. The van der Waals surface area contributed by atoms with Gasteiger partial charge in [-0.1, -0.05) is 0 Å². The Balaban J connectivity index is 2.34. The molecule has 0 bridgehead atoms. The zero-order chi connectivity index (χ0) is 9.42. The van der Waals surface area contributed by atoms with Crippen LogP contribution in [0.4, 0.5) is 0 Å². The first kappa shape index (κ1) is 8.65. The van der Waals surface area contributed by atoms with Gasteiger partial charge in [0, 0.05) is 13.1 Å². The number of aryl methyl sites for hydroxylation is 1. The first-order valence-electron chi connectivity index (χ1n) is 4.50. The van der Waals surface area contributed by atoms with Crippen LogP contribution in [0.15, 0.2) is 0 Å². The van der Waals surface area contributed by atoms with Gasteiger partial charge >= 0.3 is 0 Å². The number of aliphatic hydroxyl groups is 1. The Kier molecular flexibility index (Phi) is 2.05. The summed E-state index contributed by atoms with van der Waals surface area (Å²) in [4.78, 5) is 0. The van der Waals surface area contributed by atoms with E-state index in [1.54, 1.807) is 6.92 Å². The average Bonchev–Trinajstić information content (AvgIpc) is 2.30. The highest BCUT2D eigenvalue weighted by Crippen LogP contribution is 2.19. The summed E-state index contributed by atoms with van der Waals surface area (Å²) in [6, 6.07) is 0.416. The van der Waals surface area contributed by atoms with Crippen LogP contribution in [0.1, 0.15) is 30.7 Å². The molecule has 2 N–H and O–H groups in total. The average molecular weight is 182 g/mol. The van der Waals surface area contributed by atoms with Gasteiger partial charge in [-0.25, -0.2) is 0 Å². The number of nitrogens with zero attached hydrogens (tertiary/aromatic N) is 3. The second-order valence-corrected chi connectivity index (χ2v) is 3.46. The van der Waals surface area contributed by atoms with Crippen LogP contribution >= 0.6 is 0 Å². The molecule has 72 valence electrons. The fourth-order valence-electron chi connectivity index (χ4n) is 1.58. The second-order valence-electron chi connectivity index (χ2n) is 3.46. The minimum Gasteiger partial charge on any atom is -0.385 e. The van der Waals surface area contributed by atoms with E-state index in [0.717, 1.165) is 18.9 Å². The minimum atomic E-state index is -0.540. The van der Waals surface area contributed by atoms with Gasteiger partial charge in [0.2, 0.25) is 0 Å². The molecule has 13 heavy (non-hydrogen) atoms. The predicted molar refractivity (Wildman–Crippen MR) is 47.3 cm³/mol. The van der Waals surface area contributed by atoms with E-state index >= 15 is 0 Å². The molecule has 1 saturated heterocycles. The maximum absolute atomic E-state index is 9.44. The van der Waals surface area contributed by atoms with E-state index in [1.165, 1.54) is 0 Å². The number of aliphatic hydroxyl groups excluding tert-OH is 1. The summed E-state index contributed by atoms with van der Waals surface area (Å²) in [5.41, 5.74) is 0. The molecule has 5 heteroatoms. The SMILES string of the molecule is Cc1nnc(C(C)O)n1C1CNC1. The minimum absolute atomic E-state index is 0.416. The van der Waals surface area contributed by atoms with Gasteiger partial charge in [0.15, 0.2) is 5.82 Å². The largest absolute Gasteiger partial charge is 0.385 e. The van der Waals surface area contributed by atoms with Crippen molar-refractivity contribution in [2.24, 2.45) is 0 Å². The van der Waals surface area contributed by atoms with Gasteiger partial charge in [0.1, 0.15) is 11.9 Å². The molecule has 0 aromatic carbocycles. The zero-order valence-electron chi connectivity index (χ0n) is 7.86. The quantitative estimate of drug-likeness (QED) is 0.664. The van der Waals surface area contributed by atoms with E-state index in [1.807, 2.05) is 11.5 Å². The van der Waals surface area contributed by atoms with Crippen LogP contribution in [-0.4, -0.2) is 33.0 Å². The van der Waals surface area contributed by atoms with Gasteiger partial charge in [-0.2, -0.15) is 0 Å². The molecule has 1 aromatic heterocycles. The maximum Gasteiger partial charge on any atom is 0.162 e. The molecule has 1 fully saturated rings. The Morgan fingerprint density at radius 2 is 2.23 bits per heavy atom. The van der Waals surface area contributed by atoms with Crippen molar-refractivity contribution in [2.45, 2.75) is 26.0 Å². The van der Waals surface area contributed by atoms with Gasteiger partial charge in [-0.3, -0.25) is 0 Å². The monoisotopic (exact) mass is 182 g/mol. The van der Waals surface area contributed by atoms with E-state index in [0.29, 0.717) is 11.9 Å². The Labute approximate surface area is 76.8 Å². The summed E-state index contributed by atoms with van der Waals surface area (Å²) in [6.45, 7) is 5.51. The Bertz CT molecular complexity index is 303. The van der Waals surface area contributed by atoms with Crippen LogP contribution in [0.5, 0.6) is 0 Å². The lowest BCUT2D eigenvalue weighted by atomic mass is 10.1. The van der Waals surface area contributed by atoms with Crippen LogP contribution in [0.2, 0.25) is 0 Å². The lowest BCUT2D eigenvalue weighted by Crippen LogP contribution is -2.44. The molecule has 1 aliphatic heterocycles. The molecule has 5 nitrogen and oxygen atoms in total. The van der Waals surface area contributed by atoms with Crippen molar-refractivity contribution >= 4 is 0 Å². The third-order valence-electron chi connectivity index (χ3n) is 2.39. The summed E-state index contributed by atoms with van der Waals surface area (Å²) in [7, 11) is 0. The molecule has 1 unspecified atom stereocenters. The molecule has 1 atom stereocenters. The predicted octanol–water partition coefficient (Wildman–Crippen LogP) is -0.216. The Morgan fingerprint density at radius 1 is 1.54 bits per heavy atom. The van der Waals surface area contributed by atoms with Crippen LogP contribution in [0.25, 0.3) is 0 Å². The van der Waals surface area contributed by atoms with E-state index in [4.69, 9.17) is 0 Å². The number of rotatable bonds is 2. The van der Waals surface area contributed by atoms with Crippen molar-refractivity contribution in [1.82, 2.24) is 20.1 Å². The number of hydrogen-bond acceptors (Lipinski definition) is 4. The van der Waals surface area contributed by atoms with Crippen molar-refractivity contribution < 1.29 is 5.11 Å². The van der Waals surface area contributed by atoms with E-state index in [2.05, 4.69) is 15.5 Å². The van der Waals surface area contributed by atoms with Gasteiger partial charge in [-0.05, 0) is 13.8 Å². The van der Waals surface area contributed by atoms with Crippen LogP contribution in [0, 0.1) is 6.92 Å². The van der Waals surface area contributed by atoms with Crippen molar-refractivity contribution in [3.63, 3.8) is 0 Å². The number of nitrogens with one attached hydrogen (secondary N) is 1. The Hall–Kier alpha value is -0.940. The van der Waals surface area contributed by atoms with E-state index < -0.39 is 6.10 Å². The second kappa shape index (κ2) is 3.08.